The molecule has 1 aromatic rings. The lowest BCUT2D eigenvalue weighted by molar-refractivity contribution is 0.0590. The standard InChI is InChI=1S/C18H29BClN5O3/c1-4-12-11-23(9-10-25(12)13-5-7-24(19)8-6-13)16-15(20)21-14(18(27)28-3)17(26)22(16)2/h12-13H,4-11,19H2,1-3H3/t12-/m0/s1. The van der Waals surface area contributed by atoms with Gasteiger partial charge in [-0.15, -0.1) is 0 Å². The summed E-state index contributed by atoms with van der Waals surface area (Å²) in [6.45, 7) is 6.97. The molecular weight excluding hydrogens is 380 g/mol. The van der Waals surface area contributed by atoms with Crippen LogP contribution in [0.4, 0.5) is 5.82 Å². The highest BCUT2D eigenvalue weighted by Gasteiger charge is 2.34. The largest absolute Gasteiger partial charge is 0.464 e. The van der Waals surface area contributed by atoms with Gasteiger partial charge in [-0.05, 0) is 32.4 Å². The van der Waals surface area contributed by atoms with E-state index in [-0.39, 0.29) is 10.8 Å². The average Bonchev–Trinajstić information content (AvgIpc) is 2.70. The van der Waals surface area contributed by atoms with E-state index in [4.69, 9.17) is 11.6 Å². The van der Waals surface area contributed by atoms with Gasteiger partial charge >= 0.3 is 5.97 Å². The van der Waals surface area contributed by atoms with Gasteiger partial charge in [0.1, 0.15) is 5.82 Å². The summed E-state index contributed by atoms with van der Waals surface area (Å²) in [4.78, 5) is 35.5. The van der Waals surface area contributed by atoms with Crippen LogP contribution in [0.5, 0.6) is 0 Å². The fourth-order valence-electron chi connectivity index (χ4n) is 4.39. The van der Waals surface area contributed by atoms with E-state index >= 15 is 0 Å². The first-order chi connectivity index (χ1) is 13.4. The Bertz CT molecular complexity index is 781. The van der Waals surface area contributed by atoms with E-state index in [1.165, 1.54) is 24.5 Å². The Labute approximate surface area is 171 Å². The van der Waals surface area contributed by atoms with Gasteiger partial charge in [0.05, 0.1) is 7.11 Å². The van der Waals surface area contributed by atoms with Crippen LogP contribution >= 0.6 is 11.6 Å². The van der Waals surface area contributed by atoms with Crippen molar-refractivity contribution >= 4 is 31.4 Å². The molecule has 0 unspecified atom stereocenters. The number of halogens is 1. The number of nitrogens with zero attached hydrogens (tertiary/aromatic N) is 5. The number of methoxy groups -OCH3 is 1. The highest BCUT2D eigenvalue weighted by molar-refractivity contribution is 6.31. The molecule has 0 N–H and O–H groups in total. The molecule has 2 aliphatic heterocycles. The minimum Gasteiger partial charge on any atom is -0.464 e. The zero-order valence-corrected chi connectivity index (χ0v) is 17.9. The first kappa shape index (κ1) is 21.1. The van der Waals surface area contributed by atoms with Crippen LogP contribution in [0.3, 0.4) is 0 Å². The summed E-state index contributed by atoms with van der Waals surface area (Å²) in [6, 6.07) is 1.01. The van der Waals surface area contributed by atoms with E-state index < -0.39 is 11.5 Å². The lowest BCUT2D eigenvalue weighted by Crippen LogP contribution is -2.58. The number of esters is 1. The Kier molecular flexibility index (Phi) is 6.67. The summed E-state index contributed by atoms with van der Waals surface area (Å²) in [7, 11) is 5.03. The van der Waals surface area contributed by atoms with Crippen LogP contribution in [0, 0.1) is 0 Å². The van der Waals surface area contributed by atoms with E-state index in [1.807, 2.05) is 0 Å². The van der Waals surface area contributed by atoms with Gasteiger partial charge in [0.15, 0.2) is 13.1 Å². The first-order valence-corrected chi connectivity index (χ1v) is 10.3. The van der Waals surface area contributed by atoms with Gasteiger partial charge in [0, 0.05) is 38.8 Å². The van der Waals surface area contributed by atoms with Crippen molar-refractivity contribution in [1.29, 1.82) is 0 Å². The van der Waals surface area contributed by atoms with E-state index in [2.05, 4.69) is 39.2 Å². The summed E-state index contributed by atoms with van der Waals surface area (Å²) in [6.07, 6.45) is 3.42. The van der Waals surface area contributed by atoms with E-state index in [9.17, 15) is 9.59 Å². The van der Waals surface area contributed by atoms with Gasteiger partial charge < -0.3 is 14.4 Å². The number of aromatic nitrogens is 2. The predicted molar refractivity (Wildman–Crippen MR) is 112 cm³/mol. The van der Waals surface area contributed by atoms with Gasteiger partial charge in [-0.1, -0.05) is 18.5 Å². The molecule has 1 atom stereocenters. The smallest absolute Gasteiger partial charge is 0.362 e. The van der Waals surface area contributed by atoms with Crippen molar-refractivity contribution in [2.45, 2.75) is 38.3 Å². The van der Waals surface area contributed by atoms with Crippen molar-refractivity contribution in [3.8, 4) is 0 Å². The van der Waals surface area contributed by atoms with E-state index in [0.717, 1.165) is 39.1 Å². The molecule has 28 heavy (non-hydrogen) atoms. The average molecular weight is 410 g/mol. The highest BCUT2D eigenvalue weighted by atomic mass is 35.5. The monoisotopic (exact) mass is 409 g/mol. The summed E-state index contributed by atoms with van der Waals surface area (Å²) >= 11 is 6.39. The van der Waals surface area contributed by atoms with Crippen LogP contribution < -0.4 is 10.5 Å². The molecule has 0 amide bonds. The molecule has 154 valence electrons. The number of hydrogen-bond acceptors (Lipinski definition) is 7. The second-order valence-corrected chi connectivity index (χ2v) is 8.07. The maximum Gasteiger partial charge on any atom is 0.362 e. The molecule has 8 nitrogen and oxygen atoms in total. The molecule has 2 saturated heterocycles. The van der Waals surface area contributed by atoms with Gasteiger partial charge in [-0.25, -0.2) is 9.78 Å². The molecule has 1 aromatic heterocycles. The summed E-state index contributed by atoms with van der Waals surface area (Å²) in [5.41, 5.74) is -0.771. The third-order valence-electron chi connectivity index (χ3n) is 6.05. The fraction of sp³-hybridized carbons (Fsp3) is 0.722. The number of carbonyl (C=O) groups excluding carboxylic acids is 1. The maximum absolute atomic E-state index is 12.6. The Balaban J connectivity index is 1.82. The van der Waals surface area contributed by atoms with E-state index in [0.29, 0.717) is 17.9 Å². The van der Waals surface area contributed by atoms with Crippen molar-refractivity contribution in [2.24, 2.45) is 7.05 Å². The van der Waals surface area contributed by atoms with Crippen molar-refractivity contribution in [3.05, 3.63) is 21.2 Å². The molecular formula is C18H29BClN5O3. The van der Waals surface area contributed by atoms with Crippen molar-refractivity contribution in [1.82, 2.24) is 19.3 Å². The highest BCUT2D eigenvalue weighted by Crippen LogP contribution is 2.28. The zero-order chi connectivity index (χ0) is 20.4. The maximum atomic E-state index is 12.6. The topological polar surface area (TPSA) is 70.9 Å². The molecule has 2 fully saturated rings. The van der Waals surface area contributed by atoms with Crippen molar-refractivity contribution < 1.29 is 9.53 Å². The Morgan fingerprint density at radius 2 is 1.96 bits per heavy atom. The molecule has 0 bridgehead atoms. The zero-order valence-electron chi connectivity index (χ0n) is 17.2. The van der Waals surface area contributed by atoms with Gasteiger partial charge in [-0.2, -0.15) is 0 Å². The van der Waals surface area contributed by atoms with Crippen LogP contribution in [0.1, 0.15) is 36.7 Å². The molecule has 0 saturated carbocycles. The molecule has 0 spiro atoms. The number of rotatable bonds is 4. The molecule has 0 aliphatic carbocycles. The number of anilines is 1. The van der Waals surface area contributed by atoms with Crippen LogP contribution in [0.15, 0.2) is 4.79 Å². The number of hydrogen-bond donors (Lipinski definition) is 0. The van der Waals surface area contributed by atoms with Crippen LogP contribution in [-0.2, 0) is 11.8 Å². The minimum absolute atomic E-state index is 0.157. The predicted octanol–water partition coefficient (Wildman–Crippen LogP) is 0.133. The molecule has 2 aliphatic rings. The number of ether oxygens (including phenoxy) is 1. The SMILES string of the molecule is BN1CCC(N2CCN(c3c(Cl)nc(C(=O)OC)c(=O)n3C)C[C@@H]2CC)CC1. The van der Waals surface area contributed by atoms with Crippen molar-refractivity contribution in [3.63, 3.8) is 0 Å². The second kappa shape index (κ2) is 8.84. The lowest BCUT2D eigenvalue weighted by atomic mass is 9.97. The normalized spacial score (nSPS) is 22.4. The molecule has 0 aromatic carbocycles. The van der Waals surface area contributed by atoms with Crippen molar-refractivity contribution in [2.75, 3.05) is 44.7 Å². The third-order valence-corrected chi connectivity index (χ3v) is 6.31. The first-order valence-electron chi connectivity index (χ1n) is 9.91. The van der Waals surface area contributed by atoms with Gasteiger partial charge in [-0.3, -0.25) is 14.3 Å². The molecule has 10 heteroatoms. The van der Waals surface area contributed by atoms with Crippen LogP contribution in [0.2, 0.25) is 5.15 Å². The second-order valence-electron chi connectivity index (χ2n) is 7.71. The molecule has 3 rings (SSSR count). The number of piperidine rings is 1. The minimum atomic E-state index is -0.771. The number of piperazine rings is 1. The Morgan fingerprint density at radius 3 is 2.57 bits per heavy atom. The molecule has 3 heterocycles. The van der Waals surface area contributed by atoms with E-state index in [1.54, 1.807) is 7.05 Å². The third kappa shape index (κ3) is 4.06. The number of carbonyl (C=O) groups is 1. The van der Waals surface area contributed by atoms with Crippen LogP contribution in [-0.4, -0.2) is 85.1 Å². The lowest BCUT2D eigenvalue weighted by Gasteiger charge is -2.48. The summed E-state index contributed by atoms with van der Waals surface area (Å²) in [5, 5.41) is 0.157. The fourth-order valence-corrected chi connectivity index (χ4v) is 4.73. The Hall–Kier alpha value is -1.58. The Morgan fingerprint density at radius 1 is 1.29 bits per heavy atom. The van der Waals surface area contributed by atoms with Gasteiger partial charge in [0.2, 0.25) is 5.69 Å². The summed E-state index contributed by atoms with van der Waals surface area (Å²) < 4.78 is 6.05. The molecule has 0 radical (unpaired) electrons. The summed E-state index contributed by atoms with van der Waals surface area (Å²) in [5.74, 6) is -0.201. The van der Waals surface area contributed by atoms with Gasteiger partial charge in [0.25, 0.3) is 5.56 Å². The van der Waals surface area contributed by atoms with Crippen LogP contribution in [0.25, 0.3) is 0 Å². The quantitative estimate of drug-likeness (QED) is 0.517.